The molecule has 4 rings (SSSR count). The normalized spacial score (nSPS) is 26.0. The molecule has 2 saturated heterocycles. The summed E-state index contributed by atoms with van der Waals surface area (Å²) >= 11 is 5.96. The van der Waals surface area contributed by atoms with Gasteiger partial charge in [-0.15, -0.1) is 0 Å². The van der Waals surface area contributed by atoms with Crippen LogP contribution in [0.25, 0.3) is 0 Å². The topological polar surface area (TPSA) is 66.7 Å². The van der Waals surface area contributed by atoms with Crippen molar-refractivity contribution in [2.75, 3.05) is 6.54 Å². The van der Waals surface area contributed by atoms with Gasteiger partial charge in [-0.3, -0.25) is 19.9 Å². The molecule has 6 nitrogen and oxygen atoms in total. The summed E-state index contributed by atoms with van der Waals surface area (Å²) in [6, 6.07) is 14.3. The van der Waals surface area contributed by atoms with Crippen molar-refractivity contribution < 1.29 is 9.72 Å². The highest BCUT2D eigenvalue weighted by Crippen LogP contribution is 2.48. The van der Waals surface area contributed by atoms with Gasteiger partial charge < -0.3 is 0 Å². The molecule has 2 aromatic rings. The summed E-state index contributed by atoms with van der Waals surface area (Å²) in [5, 5.41) is 16.0. The molecule has 7 heteroatoms. The molecule has 0 aliphatic carbocycles. The van der Waals surface area contributed by atoms with E-state index in [-0.39, 0.29) is 10.8 Å². The first kappa shape index (κ1) is 16.1. The van der Waals surface area contributed by atoms with Crippen LogP contribution in [0.5, 0.6) is 0 Å². The Labute approximate surface area is 149 Å². The minimum Gasteiger partial charge on any atom is -0.273 e. The van der Waals surface area contributed by atoms with Gasteiger partial charge in [-0.25, -0.2) is 5.01 Å². The second kappa shape index (κ2) is 6.13. The third kappa shape index (κ3) is 2.58. The summed E-state index contributed by atoms with van der Waals surface area (Å²) in [7, 11) is 0. The van der Waals surface area contributed by atoms with E-state index in [0.717, 1.165) is 11.1 Å². The first-order valence-electron chi connectivity index (χ1n) is 8.10. The molecule has 0 radical (unpaired) electrons. The van der Waals surface area contributed by atoms with E-state index in [1.165, 1.54) is 0 Å². The summed E-state index contributed by atoms with van der Waals surface area (Å²) in [5.41, 5.74) is 1.57. The van der Waals surface area contributed by atoms with Crippen LogP contribution < -0.4 is 0 Å². The van der Waals surface area contributed by atoms with E-state index in [0.29, 0.717) is 18.0 Å². The molecule has 0 unspecified atom stereocenters. The molecule has 0 N–H and O–H groups in total. The summed E-state index contributed by atoms with van der Waals surface area (Å²) in [6.45, 7) is 0.486. The lowest BCUT2D eigenvalue weighted by atomic mass is 9.91. The average molecular weight is 358 g/mol. The lowest BCUT2D eigenvalue weighted by molar-refractivity contribution is -0.530. The maximum atomic E-state index is 12.5. The fraction of sp³-hybridized carbons (Fsp3) is 0.278. The van der Waals surface area contributed by atoms with Gasteiger partial charge in [0.05, 0.1) is 0 Å². The molecule has 0 aromatic heterocycles. The molecule has 0 saturated carbocycles. The number of hydrogen-bond acceptors (Lipinski definition) is 4. The van der Waals surface area contributed by atoms with Crippen molar-refractivity contribution in [2.45, 2.75) is 24.5 Å². The van der Waals surface area contributed by atoms with Crippen LogP contribution in [-0.4, -0.2) is 33.4 Å². The number of rotatable bonds is 3. The molecule has 2 aliphatic heterocycles. The smallest absolute Gasteiger partial charge is 0.259 e. The molecule has 1 amide bonds. The predicted octanol–water partition coefficient (Wildman–Crippen LogP) is 3.23. The van der Waals surface area contributed by atoms with Gasteiger partial charge in [-0.2, -0.15) is 0 Å². The van der Waals surface area contributed by atoms with E-state index in [9.17, 15) is 14.9 Å². The molecule has 0 bridgehead atoms. The van der Waals surface area contributed by atoms with Crippen molar-refractivity contribution in [3.8, 4) is 0 Å². The Morgan fingerprint density at radius 3 is 2.28 bits per heavy atom. The summed E-state index contributed by atoms with van der Waals surface area (Å²) < 4.78 is 0. The van der Waals surface area contributed by atoms with Crippen LogP contribution in [-0.2, 0) is 4.79 Å². The number of carbonyl (C=O) groups is 1. The van der Waals surface area contributed by atoms with Crippen LogP contribution in [0.1, 0.15) is 29.6 Å². The average Bonchev–Trinajstić information content (AvgIpc) is 3.15. The molecule has 0 spiro atoms. The van der Waals surface area contributed by atoms with Crippen molar-refractivity contribution in [1.82, 2.24) is 10.0 Å². The van der Waals surface area contributed by atoms with Crippen molar-refractivity contribution in [1.29, 1.82) is 0 Å². The van der Waals surface area contributed by atoms with E-state index in [1.807, 2.05) is 35.3 Å². The quantitative estimate of drug-likeness (QED) is 0.624. The van der Waals surface area contributed by atoms with Gasteiger partial charge in [0.25, 0.3) is 6.04 Å². The maximum absolute atomic E-state index is 12.5. The maximum Gasteiger partial charge on any atom is 0.259 e. The van der Waals surface area contributed by atoms with E-state index < -0.39 is 18.1 Å². The first-order chi connectivity index (χ1) is 12.1. The van der Waals surface area contributed by atoms with Gasteiger partial charge in [-0.1, -0.05) is 54.1 Å². The highest BCUT2D eigenvalue weighted by molar-refractivity contribution is 6.30. The third-order valence-corrected chi connectivity index (χ3v) is 5.17. The Morgan fingerprint density at radius 1 is 1.00 bits per heavy atom. The zero-order valence-electron chi connectivity index (χ0n) is 13.3. The molecule has 2 fully saturated rings. The Balaban J connectivity index is 1.85. The van der Waals surface area contributed by atoms with Crippen LogP contribution >= 0.6 is 11.6 Å². The zero-order chi connectivity index (χ0) is 17.6. The Hall–Kier alpha value is -2.44. The van der Waals surface area contributed by atoms with E-state index >= 15 is 0 Å². The van der Waals surface area contributed by atoms with E-state index in [4.69, 9.17) is 11.6 Å². The van der Waals surface area contributed by atoms with Crippen molar-refractivity contribution in [3.63, 3.8) is 0 Å². The standard InChI is InChI=1S/C18H16ClN3O3/c19-14-8-6-13(7-9-14)16-18(22(24)25)17(12-4-2-1-3-5-12)21-15(23)10-11-20(16)21/h1-9,16-18H,10-11H2/t16-,17+,18-/m0/s1. The van der Waals surface area contributed by atoms with Crippen molar-refractivity contribution >= 4 is 17.5 Å². The fourth-order valence-corrected chi connectivity index (χ4v) is 4.03. The zero-order valence-corrected chi connectivity index (χ0v) is 14.0. The monoisotopic (exact) mass is 357 g/mol. The van der Waals surface area contributed by atoms with Crippen LogP contribution in [0.3, 0.4) is 0 Å². The largest absolute Gasteiger partial charge is 0.273 e. The number of hydrazine groups is 1. The van der Waals surface area contributed by atoms with E-state index in [1.54, 1.807) is 29.3 Å². The molecule has 2 aliphatic rings. The van der Waals surface area contributed by atoms with Gasteiger partial charge in [0, 0.05) is 22.9 Å². The minimum absolute atomic E-state index is 0.0721. The number of halogens is 1. The molecule has 3 atom stereocenters. The van der Waals surface area contributed by atoms with Gasteiger partial charge in [0.15, 0.2) is 0 Å². The molecule has 25 heavy (non-hydrogen) atoms. The van der Waals surface area contributed by atoms with Crippen LogP contribution in [0.15, 0.2) is 54.6 Å². The highest BCUT2D eigenvalue weighted by Gasteiger charge is 2.59. The molecule has 128 valence electrons. The second-order valence-electron chi connectivity index (χ2n) is 6.28. The van der Waals surface area contributed by atoms with Crippen LogP contribution in [0.2, 0.25) is 5.02 Å². The minimum atomic E-state index is -0.937. The number of amides is 1. The van der Waals surface area contributed by atoms with Gasteiger partial charge in [0.1, 0.15) is 12.1 Å². The summed E-state index contributed by atoms with van der Waals surface area (Å²) in [6.07, 6.45) is 0.373. The van der Waals surface area contributed by atoms with Crippen molar-refractivity contribution in [3.05, 3.63) is 80.9 Å². The number of carbonyl (C=O) groups excluding carboxylic acids is 1. The first-order valence-corrected chi connectivity index (χ1v) is 8.48. The van der Waals surface area contributed by atoms with E-state index in [2.05, 4.69) is 0 Å². The Kier molecular flexibility index (Phi) is 3.94. The number of nitro groups is 1. The second-order valence-corrected chi connectivity index (χ2v) is 6.72. The Morgan fingerprint density at radius 2 is 1.64 bits per heavy atom. The predicted molar refractivity (Wildman–Crippen MR) is 92.3 cm³/mol. The molecule has 2 heterocycles. The molecular formula is C18H16ClN3O3. The SMILES string of the molecule is O=C1CCN2[C@@H](c3ccc(Cl)cc3)[C@H]([N+](=O)[O-])[C@@H](c3ccccc3)N12. The summed E-state index contributed by atoms with van der Waals surface area (Å²) in [4.78, 5) is 24.2. The Bertz CT molecular complexity index is 812. The van der Waals surface area contributed by atoms with Gasteiger partial charge in [-0.05, 0) is 23.3 Å². The molecule has 2 aromatic carbocycles. The number of fused-ring (bicyclic) bond motifs is 1. The third-order valence-electron chi connectivity index (χ3n) is 4.91. The van der Waals surface area contributed by atoms with Gasteiger partial charge >= 0.3 is 0 Å². The lowest BCUT2D eigenvalue weighted by Crippen LogP contribution is -2.35. The van der Waals surface area contributed by atoms with Gasteiger partial charge in [0.2, 0.25) is 5.91 Å². The highest BCUT2D eigenvalue weighted by atomic mass is 35.5. The number of nitrogens with zero attached hydrogens (tertiary/aromatic N) is 3. The number of hydrogen-bond donors (Lipinski definition) is 0. The summed E-state index contributed by atoms with van der Waals surface area (Å²) in [5.74, 6) is -0.0721. The fourth-order valence-electron chi connectivity index (χ4n) is 3.91. The van der Waals surface area contributed by atoms with Crippen LogP contribution in [0.4, 0.5) is 0 Å². The molecular weight excluding hydrogens is 342 g/mol. The lowest BCUT2D eigenvalue weighted by Gasteiger charge is -2.26. The van der Waals surface area contributed by atoms with Crippen LogP contribution in [0, 0.1) is 10.1 Å². The number of benzene rings is 2. The van der Waals surface area contributed by atoms with Crippen molar-refractivity contribution in [2.24, 2.45) is 0 Å².